The predicted molar refractivity (Wildman–Crippen MR) is 139 cm³/mol. The van der Waals surface area contributed by atoms with Crippen LogP contribution in [0.2, 0.25) is 0 Å². The second-order valence-corrected chi connectivity index (χ2v) is 9.41. The van der Waals surface area contributed by atoms with Gasteiger partial charge in [0.2, 0.25) is 0 Å². The molecule has 3 heterocycles. The molecule has 1 aliphatic rings. The number of hydrogen-bond donors (Lipinski definition) is 2. The van der Waals surface area contributed by atoms with E-state index in [1.165, 1.54) is 12.0 Å². The Morgan fingerprint density at radius 3 is 2.37 bits per heavy atom. The van der Waals surface area contributed by atoms with Gasteiger partial charge in [0.05, 0.1) is 11.9 Å². The maximum Gasteiger partial charge on any atom is 0.163 e. The van der Waals surface area contributed by atoms with Crippen molar-refractivity contribution in [2.75, 3.05) is 0 Å². The highest BCUT2D eigenvalue weighted by Crippen LogP contribution is 2.40. The van der Waals surface area contributed by atoms with Gasteiger partial charge >= 0.3 is 0 Å². The summed E-state index contributed by atoms with van der Waals surface area (Å²) in [5, 5.41) is 13.0. The standard InChI is InChI=1S/C29H24N6/c30-29(14-5-15-29)22-12-10-20(11-13-22)26-25(19-6-2-1-3-7-19)18-35-28(33-26)24-9-4-8-23(27(24)34-35)21-16-31-32-17-21/h1-4,6-13,16-18H,5,14-15,30H2,(H,31,32). The topological polar surface area (TPSA) is 84.9 Å². The molecule has 1 fully saturated rings. The van der Waals surface area contributed by atoms with Gasteiger partial charge in [0.25, 0.3) is 0 Å². The molecule has 0 radical (unpaired) electrons. The van der Waals surface area contributed by atoms with Gasteiger partial charge in [0.15, 0.2) is 5.65 Å². The van der Waals surface area contributed by atoms with Crippen LogP contribution in [0.15, 0.2) is 91.4 Å². The summed E-state index contributed by atoms with van der Waals surface area (Å²) in [6.07, 6.45) is 9.10. The molecule has 0 saturated heterocycles. The van der Waals surface area contributed by atoms with Gasteiger partial charge in [-0.25, -0.2) is 9.50 Å². The Kier molecular flexibility index (Phi) is 4.38. The molecule has 6 heteroatoms. The number of nitrogens with two attached hydrogens (primary N) is 1. The number of aromatic nitrogens is 5. The Morgan fingerprint density at radius 1 is 0.829 bits per heavy atom. The first-order valence-electron chi connectivity index (χ1n) is 12.0. The fourth-order valence-electron chi connectivity index (χ4n) is 5.15. The zero-order valence-electron chi connectivity index (χ0n) is 19.1. The van der Waals surface area contributed by atoms with Crippen molar-refractivity contribution in [2.45, 2.75) is 24.8 Å². The van der Waals surface area contributed by atoms with E-state index in [4.69, 9.17) is 15.8 Å². The van der Waals surface area contributed by atoms with Crippen LogP contribution < -0.4 is 5.73 Å². The van der Waals surface area contributed by atoms with Crippen LogP contribution in [0.5, 0.6) is 0 Å². The highest BCUT2D eigenvalue weighted by molar-refractivity contribution is 6.02. The first kappa shape index (κ1) is 20.1. The van der Waals surface area contributed by atoms with E-state index in [9.17, 15) is 0 Å². The molecule has 7 rings (SSSR count). The second kappa shape index (κ2) is 7.61. The summed E-state index contributed by atoms with van der Waals surface area (Å²) in [4.78, 5) is 5.20. The largest absolute Gasteiger partial charge is 0.321 e. The van der Waals surface area contributed by atoms with Crippen molar-refractivity contribution in [3.05, 3.63) is 97.0 Å². The van der Waals surface area contributed by atoms with Gasteiger partial charge in [-0.05, 0) is 36.5 Å². The molecule has 170 valence electrons. The molecule has 0 aliphatic heterocycles. The molecular formula is C29H24N6. The molecule has 0 amide bonds. The van der Waals surface area contributed by atoms with Crippen LogP contribution >= 0.6 is 0 Å². The number of hydrogen-bond acceptors (Lipinski definition) is 4. The lowest BCUT2D eigenvalue weighted by molar-refractivity contribution is 0.253. The Balaban J connectivity index is 1.46. The summed E-state index contributed by atoms with van der Waals surface area (Å²) in [5.74, 6) is 0. The second-order valence-electron chi connectivity index (χ2n) is 9.41. The molecule has 0 atom stereocenters. The summed E-state index contributed by atoms with van der Waals surface area (Å²) in [6, 6.07) is 25.2. The average molecular weight is 457 g/mol. The fourth-order valence-corrected chi connectivity index (χ4v) is 5.15. The number of rotatable bonds is 4. The molecule has 3 N–H and O–H groups in total. The minimum absolute atomic E-state index is 0.177. The molecule has 0 unspecified atom stereocenters. The molecule has 1 saturated carbocycles. The van der Waals surface area contributed by atoms with E-state index < -0.39 is 0 Å². The minimum Gasteiger partial charge on any atom is -0.321 e. The highest BCUT2D eigenvalue weighted by atomic mass is 15.2. The van der Waals surface area contributed by atoms with Crippen molar-refractivity contribution in [3.8, 4) is 33.5 Å². The van der Waals surface area contributed by atoms with E-state index in [0.29, 0.717) is 0 Å². The quantitative estimate of drug-likeness (QED) is 0.344. The Morgan fingerprint density at radius 2 is 1.66 bits per heavy atom. The minimum atomic E-state index is -0.177. The molecule has 35 heavy (non-hydrogen) atoms. The Hall–Kier alpha value is -4.29. The molecular weight excluding hydrogens is 432 g/mol. The number of benzene rings is 3. The summed E-state index contributed by atoms with van der Waals surface area (Å²) in [6.45, 7) is 0. The third-order valence-electron chi connectivity index (χ3n) is 7.30. The van der Waals surface area contributed by atoms with Crippen molar-refractivity contribution in [2.24, 2.45) is 5.73 Å². The van der Waals surface area contributed by atoms with Gasteiger partial charge in [-0.1, -0.05) is 66.7 Å². The number of H-pyrrole nitrogens is 1. The van der Waals surface area contributed by atoms with Crippen LogP contribution in [0.1, 0.15) is 24.8 Å². The lowest BCUT2D eigenvalue weighted by atomic mass is 9.72. The van der Waals surface area contributed by atoms with Crippen molar-refractivity contribution >= 4 is 16.6 Å². The van der Waals surface area contributed by atoms with E-state index >= 15 is 0 Å². The molecule has 3 aromatic carbocycles. The molecule has 6 nitrogen and oxygen atoms in total. The molecule has 0 spiro atoms. The van der Waals surface area contributed by atoms with E-state index in [-0.39, 0.29) is 5.54 Å². The third-order valence-corrected chi connectivity index (χ3v) is 7.30. The van der Waals surface area contributed by atoms with Gasteiger partial charge in [-0.15, -0.1) is 0 Å². The van der Waals surface area contributed by atoms with Gasteiger partial charge in [-0.2, -0.15) is 10.2 Å². The van der Waals surface area contributed by atoms with Crippen molar-refractivity contribution in [1.29, 1.82) is 0 Å². The van der Waals surface area contributed by atoms with Gasteiger partial charge in [0.1, 0.15) is 5.52 Å². The predicted octanol–water partition coefficient (Wildman–Crippen LogP) is 5.94. The monoisotopic (exact) mass is 456 g/mol. The van der Waals surface area contributed by atoms with Crippen LogP contribution in [-0.4, -0.2) is 24.8 Å². The highest BCUT2D eigenvalue weighted by Gasteiger charge is 2.34. The van der Waals surface area contributed by atoms with Crippen molar-refractivity contribution < 1.29 is 0 Å². The normalized spacial score (nSPS) is 14.9. The average Bonchev–Trinajstić information content (AvgIpc) is 3.55. The Bertz CT molecular complexity index is 1660. The summed E-state index contributed by atoms with van der Waals surface area (Å²) >= 11 is 0. The summed E-state index contributed by atoms with van der Waals surface area (Å²) in [5.41, 5.74) is 15.5. The van der Waals surface area contributed by atoms with Crippen LogP contribution in [-0.2, 0) is 5.54 Å². The first-order valence-corrected chi connectivity index (χ1v) is 12.0. The zero-order valence-corrected chi connectivity index (χ0v) is 19.1. The van der Waals surface area contributed by atoms with Crippen LogP contribution in [0.25, 0.3) is 50.1 Å². The SMILES string of the molecule is NC1(c2ccc(-c3nc4c5cccc(-c6cn[nH]c6)c5nn4cc3-c3ccccc3)cc2)CCC1. The third kappa shape index (κ3) is 3.18. The molecule has 3 aromatic heterocycles. The lowest BCUT2D eigenvalue weighted by Gasteiger charge is -2.38. The number of nitrogens with zero attached hydrogens (tertiary/aromatic N) is 4. The fraction of sp³-hybridized carbons (Fsp3) is 0.138. The molecule has 0 bridgehead atoms. The van der Waals surface area contributed by atoms with E-state index in [1.54, 1.807) is 0 Å². The van der Waals surface area contributed by atoms with E-state index in [2.05, 4.69) is 77.1 Å². The smallest absolute Gasteiger partial charge is 0.163 e. The van der Waals surface area contributed by atoms with Gasteiger partial charge < -0.3 is 5.73 Å². The van der Waals surface area contributed by atoms with E-state index in [1.807, 2.05) is 29.0 Å². The lowest BCUT2D eigenvalue weighted by Crippen LogP contribution is -2.43. The first-order chi connectivity index (χ1) is 17.2. The maximum absolute atomic E-state index is 6.58. The summed E-state index contributed by atoms with van der Waals surface area (Å²) < 4.78 is 1.90. The van der Waals surface area contributed by atoms with Gasteiger partial charge in [-0.3, -0.25) is 5.10 Å². The number of aromatic amines is 1. The van der Waals surface area contributed by atoms with Gasteiger partial charge in [0, 0.05) is 45.6 Å². The number of nitrogens with one attached hydrogen (secondary N) is 1. The van der Waals surface area contributed by atoms with Crippen LogP contribution in [0.4, 0.5) is 0 Å². The zero-order chi connectivity index (χ0) is 23.4. The molecule has 6 aromatic rings. The van der Waals surface area contributed by atoms with E-state index in [0.717, 1.165) is 62.9 Å². The summed E-state index contributed by atoms with van der Waals surface area (Å²) in [7, 11) is 0. The maximum atomic E-state index is 6.58. The van der Waals surface area contributed by atoms with Crippen LogP contribution in [0.3, 0.4) is 0 Å². The van der Waals surface area contributed by atoms with Crippen LogP contribution in [0, 0.1) is 0 Å². The molecule has 1 aliphatic carbocycles. The Labute approximate surface area is 202 Å². The number of fused-ring (bicyclic) bond motifs is 3. The van der Waals surface area contributed by atoms with Crippen molar-refractivity contribution in [3.63, 3.8) is 0 Å². The van der Waals surface area contributed by atoms with Crippen molar-refractivity contribution in [1.82, 2.24) is 24.8 Å².